The fourth-order valence-electron chi connectivity index (χ4n) is 3.72. The molecule has 0 aliphatic rings. The second kappa shape index (κ2) is 12.5. The third kappa shape index (κ3) is 7.12. The quantitative estimate of drug-likeness (QED) is 0.388. The monoisotopic (exact) mass is 455 g/mol. The molecule has 1 atom stereocenters. The zero-order chi connectivity index (χ0) is 23.6. The highest BCUT2D eigenvalue weighted by Gasteiger charge is 2.22. The van der Waals surface area contributed by atoms with E-state index in [0.29, 0.717) is 37.9 Å². The number of hydrogen-bond acceptors (Lipinski definition) is 5. The molecule has 0 radical (unpaired) electrons. The SMILES string of the molecule is CCCC[C@H](O)CN(CCOC)Cc1c(C)nn(-c2ccccc2)c1Oc1cccc(F)c1. The Morgan fingerprint density at radius 3 is 2.64 bits per heavy atom. The number of halogens is 1. The third-order valence-corrected chi connectivity index (χ3v) is 5.50. The lowest BCUT2D eigenvalue weighted by Crippen LogP contribution is -2.34. The van der Waals surface area contributed by atoms with E-state index >= 15 is 0 Å². The molecule has 7 heteroatoms. The maximum absolute atomic E-state index is 13.8. The molecule has 3 rings (SSSR count). The number of nitrogens with zero attached hydrogens (tertiary/aromatic N) is 3. The van der Waals surface area contributed by atoms with Gasteiger partial charge in [-0.1, -0.05) is 44.0 Å². The van der Waals surface area contributed by atoms with Gasteiger partial charge in [-0.05, 0) is 37.6 Å². The summed E-state index contributed by atoms with van der Waals surface area (Å²) in [7, 11) is 1.67. The van der Waals surface area contributed by atoms with Crippen molar-refractivity contribution in [2.24, 2.45) is 0 Å². The first-order chi connectivity index (χ1) is 16.0. The smallest absolute Gasteiger partial charge is 0.227 e. The zero-order valence-electron chi connectivity index (χ0n) is 19.7. The van der Waals surface area contributed by atoms with Crippen LogP contribution >= 0.6 is 0 Å². The Labute approximate surface area is 195 Å². The van der Waals surface area contributed by atoms with E-state index in [-0.39, 0.29) is 5.82 Å². The molecule has 0 amide bonds. The van der Waals surface area contributed by atoms with Crippen molar-refractivity contribution in [3.05, 3.63) is 71.7 Å². The number of methoxy groups -OCH3 is 1. The van der Waals surface area contributed by atoms with Gasteiger partial charge in [0.15, 0.2) is 0 Å². The molecule has 178 valence electrons. The Bertz CT molecular complexity index is 994. The molecule has 2 aromatic carbocycles. The van der Waals surface area contributed by atoms with Crippen LogP contribution < -0.4 is 4.74 Å². The normalized spacial score (nSPS) is 12.3. The molecule has 3 aromatic rings. The van der Waals surface area contributed by atoms with Gasteiger partial charge in [0, 0.05) is 32.8 Å². The summed E-state index contributed by atoms with van der Waals surface area (Å²) >= 11 is 0. The van der Waals surface area contributed by atoms with Crippen LogP contribution in [-0.4, -0.2) is 52.7 Å². The Morgan fingerprint density at radius 2 is 1.94 bits per heavy atom. The van der Waals surface area contributed by atoms with E-state index in [1.165, 1.54) is 12.1 Å². The Hall–Kier alpha value is -2.74. The van der Waals surface area contributed by atoms with E-state index in [4.69, 9.17) is 14.6 Å². The van der Waals surface area contributed by atoms with Crippen LogP contribution in [0.25, 0.3) is 5.69 Å². The molecule has 1 aromatic heterocycles. The molecule has 1 heterocycles. The lowest BCUT2D eigenvalue weighted by molar-refractivity contribution is 0.0786. The minimum Gasteiger partial charge on any atom is -0.438 e. The summed E-state index contributed by atoms with van der Waals surface area (Å²) in [4.78, 5) is 2.15. The fourth-order valence-corrected chi connectivity index (χ4v) is 3.72. The number of aliphatic hydroxyl groups is 1. The van der Waals surface area contributed by atoms with Crippen LogP contribution in [0.2, 0.25) is 0 Å². The summed E-state index contributed by atoms with van der Waals surface area (Å²) in [5.41, 5.74) is 2.56. The number of para-hydroxylation sites is 1. The minimum atomic E-state index is -0.418. The highest BCUT2D eigenvalue weighted by atomic mass is 19.1. The van der Waals surface area contributed by atoms with Gasteiger partial charge in [-0.3, -0.25) is 4.90 Å². The van der Waals surface area contributed by atoms with Gasteiger partial charge < -0.3 is 14.6 Å². The van der Waals surface area contributed by atoms with Crippen LogP contribution in [0.15, 0.2) is 54.6 Å². The van der Waals surface area contributed by atoms with Crippen LogP contribution in [0.3, 0.4) is 0 Å². The molecule has 0 saturated heterocycles. The van der Waals surface area contributed by atoms with Gasteiger partial charge in [0.2, 0.25) is 5.88 Å². The van der Waals surface area contributed by atoms with Crippen molar-refractivity contribution in [2.75, 3.05) is 26.8 Å². The number of hydrogen-bond donors (Lipinski definition) is 1. The Balaban J connectivity index is 1.95. The largest absolute Gasteiger partial charge is 0.438 e. The predicted molar refractivity (Wildman–Crippen MR) is 127 cm³/mol. The molecular weight excluding hydrogens is 421 g/mol. The van der Waals surface area contributed by atoms with E-state index in [2.05, 4.69) is 11.8 Å². The van der Waals surface area contributed by atoms with Crippen molar-refractivity contribution in [1.29, 1.82) is 0 Å². The average molecular weight is 456 g/mol. The van der Waals surface area contributed by atoms with E-state index in [0.717, 1.165) is 36.2 Å². The van der Waals surface area contributed by atoms with Crippen LogP contribution in [0.1, 0.15) is 37.4 Å². The number of ether oxygens (including phenoxy) is 2. The first-order valence-corrected chi connectivity index (χ1v) is 11.5. The molecule has 0 aliphatic carbocycles. The molecule has 0 saturated carbocycles. The number of aliphatic hydroxyl groups excluding tert-OH is 1. The maximum Gasteiger partial charge on any atom is 0.227 e. The summed E-state index contributed by atoms with van der Waals surface area (Å²) in [5, 5.41) is 15.3. The van der Waals surface area contributed by atoms with Gasteiger partial charge in [-0.15, -0.1) is 0 Å². The molecule has 33 heavy (non-hydrogen) atoms. The Kier molecular flexibility index (Phi) is 9.42. The van der Waals surface area contributed by atoms with Gasteiger partial charge in [0.05, 0.1) is 29.7 Å². The molecule has 0 bridgehead atoms. The van der Waals surface area contributed by atoms with Crippen LogP contribution in [0.4, 0.5) is 4.39 Å². The van der Waals surface area contributed by atoms with Crippen LogP contribution in [0, 0.1) is 12.7 Å². The second-order valence-electron chi connectivity index (χ2n) is 8.20. The molecule has 0 aliphatic heterocycles. The van der Waals surface area contributed by atoms with Crippen molar-refractivity contribution in [3.63, 3.8) is 0 Å². The summed E-state index contributed by atoms with van der Waals surface area (Å²) in [6.45, 7) is 6.32. The molecule has 0 fully saturated rings. The van der Waals surface area contributed by atoms with Crippen molar-refractivity contribution < 1.29 is 19.0 Å². The third-order valence-electron chi connectivity index (χ3n) is 5.50. The minimum absolute atomic E-state index is 0.364. The maximum atomic E-state index is 13.8. The summed E-state index contributed by atoms with van der Waals surface area (Å²) in [6.07, 6.45) is 2.37. The van der Waals surface area contributed by atoms with Gasteiger partial charge >= 0.3 is 0 Å². The fraction of sp³-hybridized carbons (Fsp3) is 0.423. The molecule has 0 spiro atoms. The van der Waals surface area contributed by atoms with Crippen molar-refractivity contribution in [3.8, 4) is 17.3 Å². The van der Waals surface area contributed by atoms with Crippen LogP contribution in [-0.2, 0) is 11.3 Å². The van der Waals surface area contributed by atoms with Crippen LogP contribution in [0.5, 0.6) is 11.6 Å². The first kappa shape index (κ1) is 24.9. The average Bonchev–Trinajstić information content (AvgIpc) is 3.11. The summed E-state index contributed by atoms with van der Waals surface area (Å²) < 4.78 is 27.1. The number of aromatic nitrogens is 2. The van der Waals surface area contributed by atoms with E-state index in [1.54, 1.807) is 23.9 Å². The second-order valence-corrected chi connectivity index (χ2v) is 8.20. The van der Waals surface area contributed by atoms with Gasteiger partial charge in [0.1, 0.15) is 11.6 Å². The highest BCUT2D eigenvalue weighted by molar-refractivity contribution is 5.43. The van der Waals surface area contributed by atoms with E-state index < -0.39 is 6.10 Å². The summed E-state index contributed by atoms with van der Waals surface area (Å²) in [6, 6.07) is 15.8. The number of unbranched alkanes of at least 4 members (excludes halogenated alkanes) is 1. The lowest BCUT2D eigenvalue weighted by Gasteiger charge is -2.25. The van der Waals surface area contributed by atoms with Gasteiger partial charge in [-0.25, -0.2) is 9.07 Å². The van der Waals surface area contributed by atoms with E-state index in [9.17, 15) is 9.50 Å². The Morgan fingerprint density at radius 1 is 1.15 bits per heavy atom. The lowest BCUT2D eigenvalue weighted by atomic mass is 10.1. The molecule has 6 nitrogen and oxygen atoms in total. The molecule has 0 unspecified atom stereocenters. The summed E-state index contributed by atoms with van der Waals surface area (Å²) in [5.74, 6) is 0.576. The first-order valence-electron chi connectivity index (χ1n) is 11.5. The molecule has 1 N–H and O–H groups in total. The van der Waals surface area contributed by atoms with Crippen molar-refractivity contribution in [2.45, 2.75) is 45.8 Å². The zero-order valence-corrected chi connectivity index (χ0v) is 19.7. The van der Waals surface area contributed by atoms with Crippen molar-refractivity contribution >= 4 is 0 Å². The topological polar surface area (TPSA) is 59.8 Å². The van der Waals surface area contributed by atoms with Gasteiger partial charge in [-0.2, -0.15) is 5.10 Å². The van der Waals surface area contributed by atoms with E-state index in [1.807, 2.05) is 37.3 Å². The van der Waals surface area contributed by atoms with Gasteiger partial charge in [0.25, 0.3) is 0 Å². The number of aryl methyl sites for hydroxylation is 1. The van der Waals surface area contributed by atoms with Crippen molar-refractivity contribution in [1.82, 2.24) is 14.7 Å². The number of rotatable bonds is 13. The number of benzene rings is 2. The standard InChI is InChI=1S/C26H34FN3O3/c1-4-5-13-23(31)18-29(15-16-32-3)19-25-20(2)28-30(22-11-7-6-8-12-22)26(25)33-24-14-9-10-21(27)17-24/h6-12,14,17,23,31H,4-5,13,15-16,18-19H2,1-3H3/t23-/m0/s1. The highest BCUT2D eigenvalue weighted by Crippen LogP contribution is 2.32. The molecular formula is C26H34FN3O3. The predicted octanol–water partition coefficient (Wildman–Crippen LogP) is 5.11.